The van der Waals surface area contributed by atoms with Crippen LogP contribution in [0, 0.1) is 6.92 Å². The van der Waals surface area contributed by atoms with Gasteiger partial charge in [0.1, 0.15) is 5.82 Å². The second-order valence-corrected chi connectivity index (χ2v) is 8.68. The Hall–Kier alpha value is -1.34. The number of hydrogen-bond acceptors (Lipinski definition) is 4. The highest BCUT2D eigenvalue weighted by Crippen LogP contribution is 2.32. The van der Waals surface area contributed by atoms with E-state index in [2.05, 4.69) is 36.0 Å². The lowest BCUT2D eigenvalue weighted by molar-refractivity contribution is -0.119. The second kappa shape index (κ2) is 9.04. The number of amides is 1. The van der Waals surface area contributed by atoms with Crippen LogP contribution < -0.4 is 5.32 Å². The van der Waals surface area contributed by atoms with Gasteiger partial charge in [-0.05, 0) is 44.4 Å². The quantitative estimate of drug-likeness (QED) is 0.658. The van der Waals surface area contributed by atoms with Crippen LogP contribution in [0.3, 0.4) is 0 Å². The van der Waals surface area contributed by atoms with E-state index >= 15 is 0 Å². The number of carbonyl (C=O) groups excluding carboxylic acids is 1. The van der Waals surface area contributed by atoms with E-state index < -0.39 is 0 Å². The molecule has 0 spiro atoms. The first-order chi connectivity index (χ1) is 12.5. The van der Waals surface area contributed by atoms with E-state index in [0.717, 1.165) is 21.0 Å². The van der Waals surface area contributed by atoms with E-state index in [4.69, 9.17) is 0 Å². The topological polar surface area (TPSA) is 59.8 Å². The van der Waals surface area contributed by atoms with E-state index in [0.29, 0.717) is 11.8 Å². The molecule has 26 heavy (non-hydrogen) atoms. The summed E-state index contributed by atoms with van der Waals surface area (Å²) in [5, 5.41) is 12.5. The van der Waals surface area contributed by atoms with E-state index in [-0.39, 0.29) is 11.9 Å². The molecule has 0 aliphatic heterocycles. The van der Waals surface area contributed by atoms with Crippen LogP contribution >= 0.6 is 27.7 Å². The zero-order valence-corrected chi connectivity index (χ0v) is 17.6. The molecule has 1 fully saturated rings. The number of nitrogens with one attached hydrogen (secondary N) is 1. The average molecular weight is 437 g/mol. The third-order valence-corrected chi connectivity index (χ3v) is 6.33. The predicted octanol–water partition coefficient (Wildman–Crippen LogP) is 4.82. The van der Waals surface area contributed by atoms with Crippen LogP contribution in [0.5, 0.6) is 0 Å². The molecule has 7 heteroatoms. The van der Waals surface area contributed by atoms with Crippen LogP contribution in [0.25, 0.3) is 0 Å². The number of nitrogens with zero attached hydrogens (tertiary/aromatic N) is 3. The first-order valence-corrected chi connectivity index (χ1v) is 10.9. The van der Waals surface area contributed by atoms with Crippen molar-refractivity contribution in [3.05, 3.63) is 40.1 Å². The van der Waals surface area contributed by atoms with Gasteiger partial charge in [-0.2, -0.15) is 0 Å². The van der Waals surface area contributed by atoms with Gasteiger partial charge in [-0.1, -0.05) is 59.1 Å². The molecule has 1 saturated carbocycles. The number of aryl methyl sites for hydroxylation is 1. The second-order valence-electron chi connectivity index (χ2n) is 6.82. The lowest BCUT2D eigenvalue weighted by Gasteiger charge is -2.25. The predicted molar refractivity (Wildman–Crippen MR) is 108 cm³/mol. The first-order valence-electron chi connectivity index (χ1n) is 9.13. The van der Waals surface area contributed by atoms with Gasteiger partial charge in [0.15, 0.2) is 5.16 Å². The van der Waals surface area contributed by atoms with Crippen LogP contribution in [0.4, 0.5) is 0 Å². The Bertz CT molecular complexity index is 740. The smallest absolute Gasteiger partial charge is 0.230 e. The normalized spacial score (nSPS) is 16.4. The summed E-state index contributed by atoms with van der Waals surface area (Å²) < 4.78 is 3.27. The van der Waals surface area contributed by atoms with Crippen LogP contribution in [0.2, 0.25) is 0 Å². The fraction of sp³-hybridized carbons (Fsp3) is 0.526. The summed E-state index contributed by atoms with van der Waals surface area (Å²) in [6, 6.07) is 8.47. The summed E-state index contributed by atoms with van der Waals surface area (Å²) in [6.45, 7) is 4.00. The van der Waals surface area contributed by atoms with Crippen LogP contribution in [-0.4, -0.2) is 26.4 Å². The number of carbonyl (C=O) groups is 1. The summed E-state index contributed by atoms with van der Waals surface area (Å²) >= 11 is 4.91. The lowest BCUT2D eigenvalue weighted by Crippen LogP contribution is -2.28. The molecular formula is C19H25BrN4OS. The van der Waals surface area contributed by atoms with Gasteiger partial charge in [0.05, 0.1) is 11.8 Å². The van der Waals surface area contributed by atoms with E-state index in [1.54, 1.807) is 0 Å². The van der Waals surface area contributed by atoms with Crippen molar-refractivity contribution in [2.75, 3.05) is 5.75 Å². The molecule has 0 bridgehead atoms. The van der Waals surface area contributed by atoms with Crippen molar-refractivity contribution >= 4 is 33.6 Å². The van der Waals surface area contributed by atoms with Crippen molar-refractivity contribution in [3.63, 3.8) is 0 Å². The molecule has 1 aromatic heterocycles. The molecule has 2 aromatic rings. The van der Waals surface area contributed by atoms with Gasteiger partial charge >= 0.3 is 0 Å². The van der Waals surface area contributed by atoms with Gasteiger partial charge in [-0.25, -0.2) is 0 Å². The van der Waals surface area contributed by atoms with Gasteiger partial charge < -0.3 is 9.88 Å². The minimum absolute atomic E-state index is 0.0151. The average Bonchev–Trinajstić information content (AvgIpc) is 3.02. The number of rotatable bonds is 6. The Kier molecular flexibility index (Phi) is 6.75. The monoisotopic (exact) mass is 436 g/mol. The minimum atomic E-state index is -0.0193. The highest BCUT2D eigenvalue weighted by molar-refractivity contribution is 9.10. The van der Waals surface area contributed by atoms with Gasteiger partial charge in [0, 0.05) is 10.5 Å². The van der Waals surface area contributed by atoms with E-state index in [9.17, 15) is 4.79 Å². The first kappa shape index (κ1) is 19.4. The van der Waals surface area contributed by atoms with Gasteiger partial charge in [0.2, 0.25) is 5.91 Å². The molecule has 1 N–H and O–H groups in total. The zero-order valence-electron chi connectivity index (χ0n) is 15.2. The van der Waals surface area contributed by atoms with Gasteiger partial charge in [0.25, 0.3) is 0 Å². The number of benzene rings is 1. The Morgan fingerprint density at radius 1 is 1.27 bits per heavy atom. The molecule has 0 saturated heterocycles. The van der Waals surface area contributed by atoms with E-state index in [1.807, 2.05) is 38.1 Å². The third kappa shape index (κ3) is 4.88. The Labute approximate surface area is 167 Å². The van der Waals surface area contributed by atoms with Crippen molar-refractivity contribution < 1.29 is 4.79 Å². The number of hydrogen-bond donors (Lipinski definition) is 1. The molecule has 1 aliphatic carbocycles. The minimum Gasteiger partial charge on any atom is -0.349 e. The van der Waals surface area contributed by atoms with Gasteiger partial charge in [-0.15, -0.1) is 10.2 Å². The maximum atomic E-state index is 12.4. The van der Waals surface area contributed by atoms with Crippen LogP contribution in [0.15, 0.2) is 33.9 Å². The Morgan fingerprint density at radius 3 is 2.65 bits per heavy atom. The van der Waals surface area contributed by atoms with Gasteiger partial charge in [-0.3, -0.25) is 4.79 Å². The Morgan fingerprint density at radius 2 is 1.96 bits per heavy atom. The summed E-state index contributed by atoms with van der Waals surface area (Å²) in [5.41, 5.74) is 1.09. The van der Waals surface area contributed by atoms with E-state index in [1.165, 1.54) is 43.9 Å². The fourth-order valence-corrected chi connectivity index (χ4v) is 4.58. The molecule has 1 atom stereocenters. The largest absolute Gasteiger partial charge is 0.349 e. The maximum Gasteiger partial charge on any atom is 0.230 e. The molecule has 5 nitrogen and oxygen atoms in total. The molecule has 1 amide bonds. The molecule has 140 valence electrons. The number of aromatic nitrogens is 3. The molecule has 1 aromatic carbocycles. The third-order valence-electron chi connectivity index (χ3n) is 4.85. The maximum absolute atomic E-state index is 12.4. The van der Waals surface area contributed by atoms with Crippen LogP contribution in [0.1, 0.15) is 62.5 Å². The zero-order chi connectivity index (χ0) is 18.5. The van der Waals surface area contributed by atoms with Crippen molar-refractivity contribution in [2.45, 2.75) is 63.2 Å². The number of halogens is 1. The summed E-state index contributed by atoms with van der Waals surface area (Å²) in [7, 11) is 0. The molecule has 1 heterocycles. The van der Waals surface area contributed by atoms with Crippen molar-refractivity contribution in [1.29, 1.82) is 0 Å². The van der Waals surface area contributed by atoms with Crippen LogP contribution in [-0.2, 0) is 4.79 Å². The van der Waals surface area contributed by atoms with Crippen molar-refractivity contribution in [3.8, 4) is 0 Å². The summed E-state index contributed by atoms with van der Waals surface area (Å²) in [4.78, 5) is 12.4. The highest BCUT2D eigenvalue weighted by Gasteiger charge is 2.22. The standard InChI is InChI=1S/C19H25BrN4OS/c1-13(15-8-10-16(20)11-9-15)21-18(25)12-26-19-23-22-14(2)24(19)17-6-4-3-5-7-17/h8-11,13,17H,3-7,12H2,1-2H3,(H,21,25). The fourth-order valence-electron chi connectivity index (χ4n) is 3.46. The lowest BCUT2D eigenvalue weighted by atomic mass is 9.95. The number of thioether (sulfide) groups is 1. The summed E-state index contributed by atoms with van der Waals surface area (Å²) in [6.07, 6.45) is 6.20. The Balaban J connectivity index is 1.57. The highest BCUT2D eigenvalue weighted by atomic mass is 79.9. The van der Waals surface area contributed by atoms with Crippen molar-refractivity contribution in [2.24, 2.45) is 0 Å². The molecular weight excluding hydrogens is 412 g/mol. The molecule has 1 unspecified atom stereocenters. The molecule has 1 aliphatic rings. The molecule has 0 radical (unpaired) electrons. The SMILES string of the molecule is Cc1nnc(SCC(=O)NC(C)c2ccc(Br)cc2)n1C1CCCCC1. The molecule has 3 rings (SSSR count). The van der Waals surface area contributed by atoms with Crippen molar-refractivity contribution in [1.82, 2.24) is 20.1 Å². The summed E-state index contributed by atoms with van der Waals surface area (Å²) in [5.74, 6) is 1.32.